The van der Waals surface area contributed by atoms with Crippen molar-refractivity contribution in [2.75, 3.05) is 19.6 Å². The summed E-state index contributed by atoms with van der Waals surface area (Å²) < 4.78 is 0. The number of benzene rings is 1. The number of carbonyl (C=O) groups is 1. The predicted octanol–water partition coefficient (Wildman–Crippen LogP) is 1.67. The molecule has 1 fully saturated rings. The number of piperazine rings is 1. The van der Waals surface area contributed by atoms with Crippen LogP contribution >= 0.6 is 0 Å². The second-order valence-corrected chi connectivity index (χ2v) is 5.08. The lowest BCUT2D eigenvalue weighted by molar-refractivity contribution is 0.0697. The Kier molecular flexibility index (Phi) is 3.71. The van der Waals surface area contributed by atoms with Gasteiger partial charge in [-0.2, -0.15) is 5.26 Å². The van der Waals surface area contributed by atoms with E-state index >= 15 is 0 Å². The van der Waals surface area contributed by atoms with Crippen molar-refractivity contribution in [3.63, 3.8) is 0 Å². The van der Waals surface area contributed by atoms with Gasteiger partial charge in [-0.3, -0.25) is 4.79 Å². The lowest BCUT2D eigenvalue weighted by Crippen LogP contribution is -2.48. The van der Waals surface area contributed by atoms with E-state index in [1.54, 1.807) is 12.3 Å². The summed E-state index contributed by atoms with van der Waals surface area (Å²) in [7, 11) is 0. The molecular weight excluding hydrogens is 264 g/mol. The molecule has 5 nitrogen and oxygen atoms in total. The second-order valence-electron chi connectivity index (χ2n) is 5.08. The Balaban J connectivity index is 1.74. The van der Waals surface area contributed by atoms with Gasteiger partial charge in [0.05, 0.1) is 5.56 Å². The summed E-state index contributed by atoms with van der Waals surface area (Å²) in [5, 5.41) is 12.3. The molecule has 2 heterocycles. The Morgan fingerprint density at radius 2 is 2.14 bits per heavy atom. The van der Waals surface area contributed by atoms with Crippen molar-refractivity contribution in [2.45, 2.75) is 6.04 Å². The quantitative estimate of drug-likeness (QED) is 0.879. The maximum Gasteiger partial charge on any atom is 0.270 e. The van der Waals surface area contributed by atoms with E-state index in [1.807, 2.05) is 29.2 Å². The van der Waals surface area contributed by atoms with Crippen molar-refractivity contribution in [1.82, 2.24) is 15.2 Å². The highest BCUT2D eigenvalue weighted by molar-refractivity contribution is 5.93. The van der Waals surface area contributed by atoms with Gasteiger partial charge in [-0.1, -0.05) is 30.3 Å². The van der Waals surface area contributed by atoms with Crippen molar-refractivity contribution in [3.05, 3.63) is 59.4 Å². The molecule has 106 valence electrons. The summed E-state index contributed by atoms with van der Waals surface area (Å²) in [5.74, 6) is -0.0565. The fourth-order valence-electron chi connectivity index (χ4n) is 2.60. The number of carbonyl (C=O) groups excluding carboxylic acids is 1. The minimum atomic E-state index is -0.0565. The molecule has 1 aliphatic rings. The molecule has 2 N–H and O–H groups in total. The molecule has 2 aromatic rings. The topological polar surface area (TPSA) is 71.9 Å². The summed E-state index contributed by atoms with van der Waals surface area (Å²) in [6.45, 7) is 2.06. The number of amides is 1. The van der Waals surface area contributed by atoms with Crippen molar-refractivity contribution >= 4 is 5.91 Å². The summed E-state index contributed by atoms with van der Waals surface area (Å²) in [6.07, 6.45) is 1.56. The van der Waals surface area contributed by atoms with Crippen LogP contribution in [0.15, 0.2) is 42.6 Å². The Morgan fingerprint density at radius 3 is 2.86 bits per heavy atom. The van der Waals surface area contributed by atoms with Crippen molar-refractivity contribution < 1.29 is 4.79 Å². The van der Waals surface area contributed by atoms with Crippen LogP contribution in [0.4, 0.5) is 0 Å². The highest BCUT2D eigenvalue weighted by atomic mass is 16.2. The van der Waals surface area contributed by atoms with Gasteiger partial charge in [0, 0.05) is 31.9 Å². The van der Waals surface area contributed by atoms with Crippen LogP contribution in [-0.4, -0.2) is 35.4 Å². The number of hydrogen-bond donors (Lipinski definition) is 2. The van der Waals surface area contributed by atoms with Crippen LogP contribution in [0, 0.1) is 11.3 Å². The number of nitriles is 1. The first kappa shape index (κ1) is 13.4. The molecule has 0 unspecified atom stereocenters. The van der Waals surface area contributed by atoms with Gasteiger partial charge in [-0.05, 0) is 11.6 Å². The van der Waals surface area contributed by atoms with Crippen LogP contribution in [0.3, 0.4) is 0 Å². The van der Waals surface area contributed by atoms with Crippen molar-refractivity contribution in [3.8, 4) is 6.07 Å². The average molecular weight is 280 g/mol. The number of aromatic nitrogens is 1. The van der Waals surface area contributed by atoms with Crippen LogP contribution in [0.2, 0.25) is 0 Å². The first-order valence-electron chi connectivity index (χ1n) is 6.94. The molecule has 3 rings (SSSR count). The zero-order valence-corrected chi connectivity index (χ0v) is 11.5. The lowest BCUT2D eigenvalue weighted by Gasteiger charge is -2.33. The van der Waals surface area contributed by atoms with Gasteiger partial charge in [0.2, 0.25) is 0 Å². The van der Waals surface area contributed by atoms with Crippen LogP contribution < -0.4 is 5.32 Å². The molecule has 1 aliphatic heterocycles. The van der Waals surface area contributed by atoms with Crippen LogP contribution in [0.1, 0.15) is 27.7 Å². The number of hydrogen-bond acceptors (Lipinski definition) is 3. The SMILES string of the molecule is N#Cc1c[nH]c(C(=O)N2CCN[C@H](c3ccccc3)C2)c1. The molecule has 1 aromatic heterocycles. The summed E-state index contributed by atoms with van der Waals surface area (Å²) >= 11 is 0. The van der Waals surface area contributed by atoms with E-state index in [1.165, 1.54) is 5.56 Å². The molecule has 0 radical (unpaired) electrons. The van der Waals surface area contributed by atoms with Gasteiger partial charge in [-0.25, -0.2) is 0 Å². The maximum atomic E-state index is 12.5. The van der Waals surface area contributed by atoms with Crippen LogP contribution in [-0.2, 0) is 0 Å². The number of H-pyrrole nitrogens is 1. The molecule has 21 heavy (non-hydrogen) atoms. The van der Waals surface area contributed by atoms with Gasteiger partial charge >= 0.3 is 0 Å². The molecule has 1 atom stereocenters. The van der Waals surface area contributed by atoms with E-state index in [2.05, 4.69) is 22.4 Å². The number of nitrogens with zero attached hydrogens (tertiary/aromatic N) is 2. The summed E-state index contributed by atoms with van der Waals surface area (Å²) in [6, 6.07) is 13.9. The zero-order chi connectivity index (χ0) is 14.7. The van der Waals surface area contributed by atoms with E-state index in [0.29, 0.717) is 24.3 Å². The predicted molar refractivity (Wildman–Crippen MR) is 78.6 cm³/mol. The fourth-order valence-corrected chi connectivity index (χ4v) is 2.60. The molecule has 0 spiro atoms. The second kappa shape index (κ2) is 5.81. The highest BCUT2D eigenvalue weighted by Crippen LogP contribution is 2.18. The number of rotatable bonds is 2. The van der Waals surface area contributed by atoms with Crippen LogP contribution in [0.25, 0.3) is 0 Å². The van der Waals surface area contributed by atoms with Crippen LogP contribution in [0.5, 0.6) is 0 Å². The number of nitrogens with one attached hydrogen (secondary N) is 2. The monoisotopic (exact) mass is 280 g/mol. The van der Waals surface area contributed by atoms with Gasteiger partial charge in [-0.15, -0.1) is 0 Å². The molecule has 1 aromatic carbocycles. The molecule has 5 heteroatoms. The molecule has 1 saturated heterocycles. The molecule has 0 aliphatic carbocycles. The Morgan fingerprint density at radius 1 is 1.33 bits per heavy atom. The van der Waals surface area contributed by atoms with Gasteiger partial charge < -0.3 is 15.2 Å². The molecule has 1 amide bonds. The van der Waals surface area contributed by atoms with Gasteiger partial charge in [0.15, 0.2) is 0 Å². The highest BCUT2D eigenvalue weighted by Gasteiger charge is 2.25. The first-order chi connectivity index (χ1) is 10.3. The van der Waals surface area contributed by atoms with E-state index in [-0.39, 0.29) is 11.9 Å². The lowest BCUT2D eigenvalue weighted by atomic mass is 10.0. The minimum Gasteiger partial charge on any atom is -0.356 e. The van der Waals surface area contributed by atoms with E-state index in [9.17, 15) is 4.79 Å². The van der Waals surface area contributed by atoms with Crippen molar-refractivity contribution in [2.24, 2.45) is 0 Å². The third-order valence-corrected chi connectivity index (χ3v) is 3.71. The largest absolute Gasteiger partial charge is 0.356 e. The average Bonchev–Trinajstić information content (AvgIpc) is 3.04. The van der Waals surface area contributed by atoms with Crippen molar-refractivity contribution in [1.29, 1.82) is 5.26 Å². The first-order valence-corrected chi connectivity index (χ1v) is 6.94. The maximum absolute atomic E-state index is 12.5. The molecule has 0 bridgehead atoms. The smallest absolute Gasteiger partial charge is 0.270 e. The minimum absolute atomic E-state index is 0.0565. The van der Waals surface area contributed by atoms with E-state index < -0.39 is 0 Å². The standard InChI is InChI=1S/C16H16N4O/c17-9-12-8-14(19-10-12)16(21)20-7-6-18-15(11-20)13-4-2-1-3-5-13/h1-5,8,10,15,18-19H,6-7,11H2/t15-/m0/s1. The third kappa shape index (κ3) is 2.81. The zero-order valence-electron chi connectivity index (χ0n) is 11.5. The Bertz CT molecular complexity index is 671. The Hall–Kier alpha value is -2.58. The van der Waals surface area contributed by atoms with Gasteiger partial charge in [0.1, 0.15) is 11.8 Å². The van der Waals surface area contributed by atoms with E-state index in [0.717, 1.165) is 6.54 Å². The summed E-state index contributed by atoms with van der Waals surface area (Å²) in [5.41, 5.74) is 2.13. The Labute approximate surface area is 123 Å². The molecular formula is C16H16N4O. The summed E-state index contributed by atoms with van der Waals surface area (Å²) in [4.78, 5) is 17.2. The third-order valence-electron chi connectivity index (χ3n) is 3.71. The van der Waals surface area contributed by atoms with Gasteiger partial charge in [0.25, 0.3) is 5.91 Å². The van der Waals surface area contributed by atoms with E-state index in [4.69, 9.17) is 5.26 Å². The molecule has 0 saturated carbocycles. The normalized spacial score (nSPS) is 18.2. The number of aromatic amines is 1. The fraction of sp³-hybridized carbons (Fsp3) is 0.250.